The van der Waals surface area contributed by atoms with E-state index in [0.29, 0.717) is 12.5 Å². The summed E-state index contributed by atoms with van der Waals surface area (Å²) in [4.78, 5) is 12.1. The molecule has 2 unspecified atom stereocenters. The second kappa shape index (κ2) is 5.67. The van der Waals surface area contributed by atoms with Crippen molar-refractivity contribution in [2.45, 2.75) is 52.6 Å². The van der Waals surface area contributed by atoms with Crippen LogP contribution in [0.15, 0.2) is 0 Å². The highest BCUT2D eigenvalue weighted by molar-refractivity contribution is 5.78. The lowest BCUT2D eigenvalue weighted by Gasteiger charge is -2.33. The Kier molecular flexibility index (Phi) is 4.78. The molecule has 3 heteroatoms. The van der Waals surface area contributed by atoms with Crippen LogP contribution in [-0.2, 0) is 14.3 Å². The Balaban J connectivity index is 2.87. The highest BCUT2D eigenvalue weighted by atomic mass is 16.5. The quantitative estimate of drug-likeness (QED) is 0.679. The third kappa shape index (κ3) is 2.57. The van der Waals surface area contributed by atoms with Gasteiger partial charge in [-0.3, -0.25) is 4.79 Å². The molecule has 0 bridgehead atoms. The number of esters is 1. The van der Waals surface area contributed by atoms with E-state index < -0.39 is 0 Å². The van der Waals surface area contributed by atoms with Gasteiger partial charge in [0.05, 0.1) is 18.6 Å². The number of rotatable bonds is 5. The van der Waals surface area contributed by atoms with Gasteiger partial charge in [0.1, 0.15) is 0 Å². The molecule has 0 aromatic rings. The van der Waals surface area contributed by atoms with Crippen LogP contribution in [0, 0.1) is 11.3 Å². The van der Waals surface area contributed by atoms with E-state index in [0.717, 1.165) is 25.7 Å². The van der Waals surface area contributed by atoms with Crippen LogP contribution >= 0.6 is 0 Å². The summed E-state index contributed by atoms with van der Waals surface area (Å²) in [7, 11) is 1.48. The van der Waals surface area contributed by atoms with Crippen molar-refractivity contribution in [2.75, 3.05) is 13.7 Å². The average Bonchev–Trinajstić information content (AvgIpc) is 2.61. The molecule has 1 aliphatic rings. The van der Waals surface area contributed by atoms with Crippen LogP contribution < -0.4 is 0 Å². The van der Waals surface area contributed by atoms with Gasteiger partial charge in [0.2, 0.25) is 0 Å². The molecular weight excluding hydrogens is 204 g/mol. The van der Waals surface area contributed by atoms with Gasteiger partial charge in [-0.15, -0.1) is 0 Å². The summed E-state index contributed by atoms with van der Waals surface area (Å²) in [5, 5.41) is 0. The molecule has 0 aromatic carbocycles. The van der Waals surface area contributed by atoms with Crippen molar-refractivity contribution in [1.29, 1.82) is 0 Å². The largest absolute Gasteiger partial charge is 0.469 e. The van der Waals surface area contributed by atoms with Crippen molar-refractivity contribution in [2.24, 2.45) is 11.3 Å². The number of methoxy groups -OCH3 is 1. The van der Waals surface area contributed by atoms with Crippen molar-refractivity contribution in [1.82, 2.24) is 0 Å². The minimum atomic E-state index is -0.390. The summed E-state index contributed by atoms with van der Waals surface area (Å²) in [6.45, 7) is 6.94. The third-order valence-electron chi connectivity index (χ3n) is 3.44. The van der Waals surface area contributed by atoms with Gasteiger partial charge in [-0.25, -0.2) is 0 Å². The zero-order chi connectivity index (χ0) is 12.2. The summed E-state index contributed by atoms with van der Waals surface area (Å²) in [5.41, 5.74) is -0.390. The Morgan fingerprint density at radius 1 is 1.50 bits per heavy atom. The number of hydrogen-bond donors (Lipinski definition) is 0. The van der Waals surface area contributed by atoms with E-state index in [2.05, 4.69) is 13.8 Å². The molecule has 16 heavy (non-hydrogen) atoms. The molecule has 0 amide bonds. The molecular formula is C13H24O3. The van der Waals surface area contributed by atoms with Gasteiger partial charge in [0, 0.05) is 6.61 Å². The Labute approximate surface area is 98.5 Å². The Bertz CT molecular complexity index is 237. The fourth-order valence-electron chi connectivity index (χ4n) is 2.97. The standard InChI is InChI=1S/C13H24O3/c1-5-16-11-7-6-8-13(11,9-10(2)3)12(14)15-4/h10-11H,5-9H2,1-4H3. The Morgan fingerprint density at radius 3 is 2.69 bits per heavy atom. The number of hydrogen-bond acceptors (Lipinski definition) is 3. The smallest absolute Gasteiger partial charge is 0.314 e. The fraction of sp³-hybridized carbons (Fsp3) is 0.923. The van der Waals surface area contributed by atoms with E-state index in [9.17, 15) is 4.79 Å². The lowest BCUT2D eigenvalue weighted by Crippen LogP contribution is -2.42. The SMILES string of the molecule is CCOC1CCCC1(CC(C)C)C(=O)OC. The highest BCUT2D eigenvalue weighted by Crippen LogP contribution is 2.45. The maximum atomic E-state index is 12.1. The van der Waals surface area contributed by atoms with Crippen LogP contribution in [0.5, 0.6) is 0 Å². The maximum Gasteiger partial charge on any atom is 0.314 e. The van der Waals surface area contributed by atoms with Crippen molar-refractivity contribution in [3.8, 4) is 0 Å². The van der Waals surface area contributed by atoms with Gasteiger partial charge < -0.3 is 9.47 Å². The molecule has 0 aliphatic heterocycles. The van der Waals surface area contributed by atoms with Crippen molar-refractivity contribution >= 4 is 5.97 Å². The number of carbonyl (C=O) groups is 1. The first kappa shape index (κ1) is 13.5. The molecule has 1 fully saturated rings. The van der Waals surface area contributed by atoms with Crippen LogP contribution in [-0.4, -0.2) is 25.8 Å². The van der Waals surface area contributed by atoms with Gasteiger partial charge in [0.25, 0.3) is 0 Å². The third-order valence-corrected chi connectivity index (χ3v) is 3.44. The minimum absolute atomic E-state index is 0.0485. The molecule has 2 atom stereocenters. The van der Waals surface area contributed by atoms with Gasteiger partial charge >= 0.3 is 5.97 Å². The van der Waals surface area contributed by atoms with Crippen molar-refractivity contribution in [3.63, 3.8) is 0 Å². The molecule has 0 N–H and O–H groups in total. The average molecular weight is 228 g/mol. The zero-order valence-electron chi connectivity index (χ0n) is 10.9. The van der Waals surface area contributed by atoms with E-state index in [1.165, 1.54) is 7.11 Å². The predicted molar refractivity (Wildman–Crippen MR) is 63.2 cm³/mol. The summed E-state index contributed by atoms with van der Waals surface area (Å²) in [6.07, 6.45) is 3.86. The molecule has 94 valence electrons. The first-order chi connectivity index (χ1) is 7.56. The molecule has 0 spiro atoms. The Hall–Kier alpha value is -0.570. The van der Waals surface area contributed by atoms with E-state index in [1.54, 1.807) is 0 Å². The van der Waals surface area contributed by atoms with Crippen LogP contribution in [0.4, 0.5) is 0 Å². The topological polar surface area (TPSA) is 35.5 Å². The summed E-state index contributed by atoms with van der Waals surface area (Å²) >= 11 is 0. The summed E-state index contributed by atoms with van der Waals surface area (Å²) < 4.78 is 10.7. The van der Waals surface area contributed by atoms with E-state index in [4.69, 9.17) is 9.47 Å². The first-order valence-corrected chi connectivity index (χ1v) is 6.26. The lowest BCUT2D eigenvalue weighted by molar-refractivity contribution is -0.162. The lowest BCUT2D eigenvalue weighted by atomic mass is 9.77. The molecule has 1 saturated carbocycles. The summed E-state index contributed by atoms with van der Waals surface area (Å²) in [5.74, 6) is 0.400. The normalized spacial score (nSPS) is 29.7. The summed E-state index contributed by atoms with van der Waals surface area (Å²) in [6, 6.07) is 0. The van der Waals surface area contributed by atoms with Crippen molar-refractivity contribution in [3.05, 3.63) is 0 Å². The van der Waals surface area contributed by atoms with Gasteiger partial charge in [-0.1, -0.05) is 13.8 Å². The van der Waals surface area contributed by atoms with Crippen molar-refractivity contribution < 1.29 is 14.3 Å². The first-order valence-electron chi connectivity index (χ1n) is 6.26. The van der Waals surface area contributed by atoms with Crippen LogP contribution in [0.2, 0.25) is 0 Å². The molecule has 1 aliphatic carbocycles. The molecule has 0 radical (unpaired) electrons. The maximum absolute atomic E-state index is 12.1. The zero-order valence-corrected chi connectivity index (χ0v) is 10.9. The molecule has 0 saturated heterocycles. The highest BCUT2D eigenvalue weighted by Gasteiger charge is 2.50. The van der Waals surface area contributed by atoms with Gasteiger partial charge in [-0.05, 0) is 38.5 Å². The molecule has 3 nitrogen and oxygen atoms in total. The van der Waals surface area contributed by atoms with Gasteiger partial charge in [-0.2, -0.15) is 0 Å². The Morgan fingerprint density at radius 2 is 2.19 bits per heavy atom. The number of carbonyl (C=O) groups excluding carboxylic acids is 1. The monoisotopic (exact) mass is 228 g/mol. The second-order valence-corrected chi connectivity index (χ2v) is 5.08. The van der Waals surface area contributed by atoms with Crippen LogP contribution in [0.1, 0.15) is 46.5 Å². The molecule has 0 heterocycles. The van der Waals surface area contributed by atoms with Crippen LogP contribution in [0.25, 0.3) is 0 Å². The number of ether oxygens (including phenoxy) is 2. The van der Waals surface area contributed by atoms with Gasteiger partial charge in [0.15, 0.2) is 0 Å². The predicted octanol–water partition coefficient (Wildman–Crippen LogP) is 2.78. The fourth-order valence-corrected chi connectivity index (χ4v) is 2.97. The minimum Gasteiger partial charge on any atom is -0.469 e. The van der Waals surface area contributed by atoms with E-state index in [1.807, 2.05) is 6.92 Å². The molecule has 0 aromatic heterocycles. The van der Waals surface area contributed by atoms with Crippen LogP contribution in [0.3, 0.4) is 0 Å². The molecule has 1 rings (SSSR count). The van der Waals surface area contributed by atoms with E-state index in [-0.39, 0.29) is 17.5 Å². The van der Waals surface area contributed by atoms with E-state index >= 15 is 0 Å². The second-order valence-electron chi connectivity index (χ2n) is 5.08.